The number of nitrogens with zero attached hydrogens (tertiary/aromatic N) is 1. The number of halogens is 3. The second kappa shape index (κ2) is 6.57. The zero-order valence-corrected chi connectivity index (χ0v) is 15.8. The van der Waals surface area contributed by atoms with Gasteiger partial charge in [0, 0.05) is 12.6 Å². The monoisotopic (exact) mass is 420 g/mol. The zero-order chi connectivity index (χ0) is 18.4. The summed E-state index contributed by atoms with van der Waals surface area (Å²) in [7, 11) is -3.97. The summed E-state index contributed by atoms with van der Waals surface area (Å²) in [5.74, 6) is -0.549. The third-order valence-corrected chi connectivity index (χ3v) is 5.92. The molecule has 0 atom stereocenters. The van der Waals surface area contributed by atoms with Gasteiger partial charge >= 0.3 is 5.76 Å². The van der Waals surface area contributed by atoms with Crippen LogP contribution in [0.5, 0.6) is 0 Å². The Morgan fingerprint density at radius 1 is 1.08 bits per heavy atom. The summed E-state index contributed by atoms with van der Waals surface area (Å²) in [6.45, 7) is 2.20. The molecule has 0 bridgehead atoms. The maximum absolute atomic E-state index is 12.6. The number of anilines is 1. The van der Waals surface area contributed by atoms with Gasteiger partial charge in [-0.15, -0.1) is 0 Å². The number of sulfonamides is 1. The minimum Gasteiger partial charge on any atom is -0.408 e. The van der Waals surface area contributed by atoms with Gasteiger partial charge in [0.2, 0.25) is 0 Å². The lowest BCUT2D eigenvalue weighted by Gasteiger charge is -2.11. The minimum atomic E-state index is -3.97. The summed E-state index contributed by atoms with van der Waals surface area (Å²) >= 11 is 17.7. The molecule has 0 aliphatic rings. The topological polar surface area (TPSA) is 81.3 Å². The van der Waals surface area contributed by atoms with Crippen LogP contribution in [0.25, 0.3) is 11.1 Å². The Balaban J connectivity index is 2.04. The number of nitrogens with one attached hydrogen (secondary N) is 1. The van der Waals surface area contributed by atoms with E-state index in [-0.39, 0.29) is 31.2 Å². The van der Waals surface area contributed by atoms with Crippen molar-refractivity contribution >= 4 is 61.6 Å². The van der Waals surface area contributed by atoms with Crippen molar-refractivity contribution in [3.05, 3.63) is 56.0 Å². The fourth-order valence-corrected chi connectivity index (χ4v) is 4.05. The van der Waals surface area contributed by atoms with Crippen molar-refractivity contribution in [1.29, 1.82) is 0 Å². The maximum Gasteiger partial charge on any atom is 0.419 e. The van der Waals surface area contributed by atoms with E-state index in [0.29, 0.717) is 12.1 Å². The van der Waals surface area contributed by atoms with Crippen molar-refractivity contribution in [3.8, 4) is 0 Å². The van der Waals surface area contributed by atoms with Gasteiger partial charge in [-0.05, 0) is 31.2 Å². The number of rotatable bonds is 4. The van der Waals surface area contributed by atoms with Gasteiger partial charge in [0.25, 0.3) is 10.0 Å². The van der Waals surface area contributed by atoms with Gasteiger partial charge in [-0.1, -0.05) is 34.8 Å². The fourth-order valence-electron chi connectivity index (χ4n) is 2.32. The van der Waals surface area contributed by atoms with Crippen LogP contribution in [0.3, 0.4) is 0 Å². The number of aromatic nitrogens is 1. The smallest absolute Gasteiger partial charge is 0.408 e. The quantitative estimate of drug-likeness (QED) is 0.634. The molecule has 6 nitrogen and oxygen atoms in total. The van der Waals surface area contributed by atoms with E-state index in [1.165, 1.54) is 34.9 Å². The van der Waals surface area contributed by atoms with Crippen LogP contribution in [0.4, 0.5) is 5.69 Å². The molecule has 0 unspecified atom stereocenters. The van der Waals surface area contributed by atoms with E-state index in [0.717, 1.165) is 0 Å². The highest BCUT2D eigenvalue weighted by molar-refractivity contribution is 7.92. The van der Waals surface area contributed by atoms with E-state index < -0.39 is 15.8 Å². The van der Waals surface area contributed by atoms with Gasteiger partial charge in [0.15, 0.2) is 5.58 Å². The summed E-state index contributed by atoms with van der Waals surface area (Å²) in [5, 5.41) is 0.465. The number of benzene rings is 2. The lowest BCUT2D eigenvalue weighted by molar-refractivity contribution is 0.512. The molecule has 10 heteroatoms. The molecule has 0 saturated heterocycles. The van der Waals surface area contributed by atoms with Crippen LogP contribution < -0.4 is 10.5 Å². The van der Waals surface area contributed by atoms with Crippen LogP contribution in [-0.2, 0) is 16.6 Å². The van der Waals surface area contributed by atoms with E-state index in [1.54, 1.807) is 6.92 Å². The molecule has 1 aromatic heterocycles. The molecule has 0 aliphatic carbocycles. The number of hydrogen-bond donors (Lipinski definition) is 1. The Bertz CT molecular complexity index is 1140. The van der Waals surface area contributed by atoms with Crippen molar-refractivity contribution in [3.63, 3.8) is 0 Å². The van der Waals surface area contributed by atoms with Crippen LogP contribution in [0.15, 0.2) is 44.4 Å². The largest absolute Gasteiger partial charge is 0.419 e. The molecule has 3 rings (SSSR count). The first kappa shape index (κ1) is 18.1. The molecule has 0 spiro atoms. The van der Waals surface area contributed by atoms with Gasteiger partial charge in [-0.2, -0.15) is 0 Å². The number of hydrogen-bond acceptors (Lipinski definition) is 4. The maximum atomic E-state index is 12.6. The second-order valence-corrected chi connectivity index (χ2v) is 8.00. The number of oxazole rings is 1. The first-order chi connectivity index (χ1) is 11.7. The van der Waals surface area contributed by atoms with Gasteiger partial charge in [-0.3, -0.25) is 9.29 Å². The lowest BCUT2D eigenvalue weighted by atomic mass is 10.3. The Kier molecular flexibility index (Phi) is 4.76. The van der Waals surface area contributed by atoms with E-state index in [1.807, 2.05) is 0 Å². The molecule has 0 radical (unpaired) electrons. The molecule has 0 saturated carbocycles. The van der Waals surface area contributed by atoms with Crippen LogP contribution in [-0.4, -0.2) is 13.0 Å². The third kappa shape index (κ3) is 3.37. The molecule has 132 valence electrons. The summed E-state index contributed by atoms with van der Waals surface area (Å²) in [6.07, 6.45) is 0. The predicted octanol–water partition coefficient (Wildman–Crippen LogP) is 4.38. The highest BCUT2D eigenvalue weighted by Crippen LogP contribution is 2.33. The Hall–Kier alpha value is -1.67. The second-order valence-electron chi connectivity index (χ2n) is 5.09. The molecule has 0 aliphatic heterocycles. The fraction of sp³-hybridized carbons (Fsp3) is 0.133. The molecular formula is C15H11Cl3N2O4S. The number of aryl methyl sites for hydroxylation is 1. The summed E-state index contributed by atoms with van der Waals surface area (Å²) in [6, 6.07) is 6.81. The first-order valence-electron chi connectivity index (χ1n) is 7.03. The first-order valence-corrected chi connectivity index (χ1v) is 9.65. The molecule has 1 heterocycles. The SMILES string of the molecule is CCn1c(=O)oc2cc(S(=O)(=O)Nc3cc(Cl)c(Cl)cc3Cl)ccc21. The minimum absolute atomic E-state index is 0.0841. The summed E-state index contributed by atoms with van der Waals surface area (Å²) in [5.41, 5.74) is 0.776. The van der Waals surface area contributed by atoms with Crippen molar-refractivity contribution in [1.82, 2.24) is 4.57 Å². The molecule has 2 aromatic carbocycles. The van der Waals surface area contributed by atoms with Crippen molar-refractivity contribution in [2.75, 3.05) is 4.72 Å². The Morgan fingerprint density at radius 2 is 1.76 bits per heavy atom. The van der Waals surface area contributed by atoms with E-state index in [2.05, 4.69) is 4.72 Å². The lowest BCUT2D eigenvalue weighted by Crippen LogP contribution is -2.13. The third-order valence-electron chi connectivity index (χ3n) is 3.52. The van der Waals surface area contributed by atoms with Gasteiger partial charge in [-0.25, -0.2) is 13.2 Å². The van der Waals surface area contributed by atoms with Crippen LogP contribution >= 0.6 is 34.8 Å². The normalized spacial score (nSPS) is 11.8. The van der Waals surface area contributed by atoms with Crippen LogP contribution in [0.1, 0.15) is 6.92 Å². The molecule has 3 aromatic rings. The standard InChI is InChI=1S/C15H11Cl3N2O4S/c1-2-20-13-4-3-8(5-14(13)24-15(20)21)25(22,23)19-12-7-10(17)9(16)6-11(12)18/h3-7,19H,2H2,1H3. The average Bonchev–Trinajstić information content (AvgIpc) is 2.86. The Morgan fingerprint density at radius 3 is 2.44 bits per heavy atom. The van der Waals surface area contributed by atoms with Crippen molar-refractivity contribution in [2.24, 2.45) is 0 Å². The van der Waals surface area contributed by atoms with E-state index >= 15 is 0 Å². The molecule has 1 N–H and O–H groups in total. The number of fused-ring (bicyclic) bond motifs is 1. The Labute approximate surface area is 158 Å². The summed E-state index contributed by atoms with van der Waals surface area (Å²) in [4.78, 5) is 11.6. The van der Waals surface area contributed by atoms with Gasteiger partial charge < -0.3 is 4.42 Å². The highest BCUT2D eigenvalue weighted by Gasteiger charge is 2.19. The molecule has 0 fully saturated rings. The van der Waals surface area contributed by atoms with Crippen molar-refractivity contribution < 1.29 is 12.8 Å². The molecule has 25 heavy (non-hydrogen) atoms. The van der Waals surface area contributed by atoms with E-state index in [9.17, 15) is 13.2 Å². The van der Waals surface area contributed by atoms with Crippen LogP contribution in [0, 0.1) is 0 Å². The van der Waals surface area contributed by atoms with Gasteiger partial charge in [0.1, 0.15) is 0 Å². The van der Waals surface area contributed by atoms with Gasteiger partial charge in [0.05, 0.1) is 31.2 Å². The average molecular weight is 422 g/mol. The highest BCUT2D eigenvalue weighted by atomic mass is 35.5. The summed E-state index contributed by atoms with van der Waals surface area (Å²) < 4.78 is 34.0. The molecule has 0 amide bonds. The van der Waals surface area contributed by atoms with Crippen LogP contribution in [0.2, 0.25) is 15.1 Å². The predicted molar refractivity (Wildman–Crippen MR) is 98.4 cm³/mol. The zero-order valence-electron chi connectivity index (χ0n) is 12.7. The molecular weight excluding hydrogens is 411 g/mol. The van der Waals surface area contributed by atoms with Crippen molar-refractivity contribution in [2.45, 2.75) is 18.4 Å². The van der Waals surface area contributed by atoms with E-state index in [4.69, 9.17) is 39.2 Å².